The summed E-state index contributed by atoms with van der Waals surface area (Å²) in [6.07, 6.45) is -16.7. The fourth-order valence-corrected chi connectivity index (χ4v) is 10.4. The molecule has 1 aliphatic heterocycles. The second-order valence-corrected chi connectivity index (χ2v) is 18.1. The van der Waals surface area contributed by atoms with Crippen LogP contribution in [0.4, 0.5) is 13.2 Å². The molecule has 15 nitrogen and oxygen atoms in total. The molecule has 1 heterocycles. The van der Waals surface area contributed by atoms with E-state index in [2.05, 4.69) is 5.32 Å². The Morgan fingerprint density at radius 2 is 1.48 bits per heavy atom. The van der Waals surface area contributed by atoms with Crippen molar-refractivity contribution in [1.29, 1.82) is 0 Å². The first kappa shape index (κ1) is 48.0. The Kier molecular flexibility index (Phi) is 12.6. The average molecular weight is 922 g/mol. The molecule has 352 valence electrons. The molecule has 1 amide bonds. The van der Waals surface area contributed by atoms with Crippen molar-refractivity contribution in [1.82, 2.24) is 5.32 Å². The summed E-state index contributed by atoms with van der Waals surface area (Å²) in [6, 6.07) is 17.8. The van der Waals surface area contributed by atoms with Crippen molar-refractivity contribution >= 4 is 35.6 Å². The first-order chi connectivity index (χ1) is 30.9. The normalized spacial score (nSPS) is 30.9. The number of hydrogen-bond donors (Lipinski definition) is 4. The first-order valence-corrected chi connectivity index (χ1v) is 21.2. The number of fused-ring (bicyclic) bond motifs is 5. The van der Waals surface area contributed by atoms with Gasteiger partial charge in [-0.15, -0.1) is 0 Å². The van der Waals surface area contributed by atoms with E-state index in [1.54, 1.807) is 48.5 Å². The smallest absolute Gasteiger partial charge is 0.416 e. The van der Waals surface area contributed by atoms with Crippen molar-refractivity contribution in [3.8, 4) is 0 Å². The number of aliphatic hydroxyl groups is 3. The van der Waals surface area contributed by atoms with Crippen LogP contribution < -0.4 is 5.32 Å². The van der Waals surface area contributed by atoms with Crippen LogP contribution in [-0.4, -0.2) is 105 Å². The molecule has 7 rings (SSSR count). The second kappa shape index (κ2) is 17.4. The highest BCUT2D eigenvalue weighted by Crippen LogP contribution is 2.64. The number of ketones is 1. The summed E-state index contributed by atoms with van der Waals surface area (Å²) in [5.74, 6) is -8.11. The summed E-state index contributed by atoms with van der Waals surface area (Å²) in [4.78, 5) is 83.7. The summed E-state index contributed by atoms with van der Waals surface area (Å²) >= 11 is 0. The van der Waals surface area contributed by atoms with Gasteiger partial charge in [0.25, 0.3) is 5.91 Å². The predicted molar refractivity (Wildman–Crippen MR) is 223 cm³/mol. The molecule has 18 heteroatoms. The number of nitrogens with one attached hydrogen (secondary N) is 1. The third-order valence-electron chi connectivity index (χ3n) is 13.9. The molecule has 2 saturated carbocycles. The van der Waals surface area contributed by atoms with Gasteiger partial charge in [0.05, 0.1) is 41.2 Å². The molecule has 4 aliphatic rings. The molecule has 0 radical (unpaired) electrons. The number of carbonyl (C=O) groups excluding carboxylic acids is 6. The van der Waals surface area contributed by atoms with E-state index in [1.165, 1.54) is 39.8 Å². The van der Waals surface area contributed by atoms with Crippen LogP contribution in [0, 0.1) is 16.7 Å². The SMILES string of the molecule is CC(=O)O[C@H]1C(=O)[C@]2(C)[C@@H](O)CC3OC[C@@]3(OC(C)=O)[C@H]2[C@H](OC(=O)c2cccc(C(F)(F)F)c2)[C@]2(O)C[C@H](OC(=O)[C@H](O)[C@@H](NC(=O)c3ccccc3)c3ccccc3)C(C)=C1C2(C)C. The van der Waals surface area contributed by atoms with Crippen molar-refractivity contribution in [2.24, 2.45) is 16.7 Å². The van der Waals surface area contributed by atoms with E-state index in [1.807, 2.05) is 0 Å². The van der Waals surface area contributed by atoms with Crippen LogP contribution in [0.15, 0.2) is 96.1 Å². The average Bonchev–Trinajstić information content (AvgIpc) is 3.26. The minimum absolute atomic E-state index is 0.0456. The summed E-state index contributed by atoms with van der Waals surface area (Å²) in [6.45, 7) is 7.14. The molecule has 0 aromatic heterocycles. The highest BCUT2D eigenvalue weighted by Gasteiger charge is 2.78. The maximum atomic E-state index is 15.5. The zero-order valence-electron chi connectivity index (χ0n) is 36.8. The molecule has 3 fully saturated rings. The fourth-order valence-electron chi connectivity index (χ4n) is 10.4. The highest BCUT2D eigenvalue weighted by atomic mass is 19.4. The van der Waals surface area contributed by atoms with E-state index in [9.17, 15) is 52.5 Å². The van der Waals surface area contributed by atoms with Crippen LogP contribution >= 0.6 is 0 Å². The van der Waals surface area contributed by atoms with Crippen LogP contribution in [-0.2, 0) is 49.0 Å². The van der Waals surface area contributed by atoms with Crippen molar-refractivity contribution in [3.63, 3.8) is 0 Å². The lowest BCUT2D eigenvalue weighted by Gasteiger charge is -2.67. The molecular formula is C48H50F3NO14. The molecule has 11 atom stereocenters. The molecule has 1 unspecified atom stereocenters. The number of benzene rings is 3. The number of aliphatic hydroxyl groups excluding tert-OH is 2. The van der Waals surface area contributed by atoms with Gasteiger partial charge in [-0.3, -0.25) is 19.2 Å². The quantitative estimate of drug-likeness (QED) is 0.123. The monoisotopic (exact) mass is 921 g/mol. The third-order valence-corrected chi connectivity index (χ3v) is 13.9. The zero-order valence-corrected chi connectivity index (χ0v) is 36.8. The number of amides is 1. The van der Waals surface area contributed by atoms with E-state index >= 15 is 4.79 Å². The molecule has 1 saturated heterocycles. The Bertz CT molecular complexity index is 2460. The molecular weight excluding hydrogens is 872 g/mol. The van der Waals surface area contributed by atoms with Crippen LogP contribution in [0.3, 0.4) is 0 Å². The lowest BCUT2D eigenvalue weighted by atomic mass is 9.44. The van der Waals surface area contributed by atoms with E-state index in [0.29, 0.717) is 11.6 Å². The topological polar surface area (TPSA) is 221 Å². The van der Waals surface area contributed by atoms with Gasteiger partial charge in [0.2, 0.25) is 0 Å². The Balaban J connectivity index is 1.40. The van der Waals surface area contributed by atoms with E-state index in [-0.39, 0.29) is 23.1 Å². The zero-order chi connectivity index (χ0) is 48.3. The number of Topliss-reactive ketones (excluding diaryl/α,β-unsaturated/α-hetero) is 1. The van der Waals surface area contributed by atoms with E-state index in [0.717, 1.165) is 32.0 Å². The number of hydrogen-bond acceptors (Lipinski definition) is 14. The molecule has 3 aromatic rings. The standard InChI is InChI=1S/C48H50F3NO14/c1-24-31(64-43(60)36(56)35(27-14-9-7-10-15-27)52-41(58)28-16-11-8-12-17-28)22-47(61)40(65-42(59)29-18-13-19-30(20-29)48(49,50)51)38-45(6,32(55)21-33-46(38,23-62-33)66-26(3)54)39(57)37(63-25(2)53)34(24)44(47,4)5/h7-20,31-33,35-38,40,55-56,61H,21-23H2,1-6H3,(H,52,58)/t31-,32-,33?,35-,36+,37+,38-,40-,45+,46-,47+/m0/s1. The second-order valence-electron chi connectivity index (χ2n) is 18.1. The molecule has 3 aromatic carbocycles. The van der Waals surface area contributed by atoms with Crippen molar-refractivity contribution in [2.45, 2.75) is 114 Å². The molecule has 0 spiro atoms. The van der Waals surface area contributed by atoms with Gasteiger partial charge in [-0.25, -0.2) is 9.59 Å². The maximum Gasteiger partial charge on any atom is 0.416 e. The Morgan fingerprint density at radius 1 is 0.864 bits per heavy atom. The third kappa shape index (κ3) is 8.07. The summed E-state index contributed by atoms with van der Waals surface area (Å²) < 4.78 is 71.7. The predicted octanol–water partition coefficient (Wildman–Crippen LogP) is 4.75. The Labute approximate surface area is 377 Å². The minimum Gasteiger partial charge on any atom is -0.456 e. The van der Waals surface area contributed by atoms with Crippen molar-refractivity contribution < 1.29 is 80.9 Å². The van der Waals surface area contributed by atoms with Crippen molar-refractivity contribution in [2.75, 3.05) is 6.61 Å². The van der Waals surface area contributed by atoms with Crippen LogP contribution in [0.5, 0.6) is 0 Å². The van der Waals surface area contributed by atoms with Crippen LogP contribution in [0.2, 0.25) is 0 Å². The van der Waals surface area contributed by atoms with E-state index in [4.69, 9.17) is 23.7 Å². The van der Waals surface area contributed by atoms with Gasteiger partial charge in [-0.05, 0) is 60.9 Å². The number of rotatable bonds is 10. The Hall–Kier alpha value is -5.95. The van der Waals surface area contributed by atoms with Gasteiger partial charge >= 0.3 is 30.1 Å². The number of alkyl halides is 3. The molecule has 66 heavy (non-hydrogen) atoms. The fraction of sp³-hybridized carbons (Fsp3) is 0.458. The van der Waals surface area contributed by atoms with Crippen LogP contribution in [0.1, 0.15) is 92.3 Å². The van der Waals surface area contributed by atoms with Gasteiger partial charge in [-0.2, -0.15) is 13.2 Å². The number of esters is 4. The molecule has 3 aliphatic carbocycles. The van der Waals surface area contributed by atoms with Crippen molar-refractivity contribution in [3.05, 3.63) is 118 Å². The van der Waals surface area contributed by atoms with Crippen LogP contribution in [0.25, 0.3) is 0 Å². The summed E-state index contributed by atoms with van der Waals surface area (Å²) in [5.41, 5.74) is -10.2. The van der Waals surface area contributed by atoms with Gasteiger partial charge in [0.15, 0.2) is 23.6 Å². The first-order valence-electron chi connectivity index (χ1n) is 21.2. The largest absolute Gasteiger partial charge is 0.456 e. The summed E-state index contributed by atoms with van der Waals surface area (Å²) in [5, 5.41) is 40.2. The lowest BCUT2D eigenvalue weighted by Crippen LogP contribution is -2.82. The maximum absolute atomic E-state index is 15.5. The Morgan fingerprint density at radius 3 is 2.06 bits per heavy atom. The minimum atomic E-state index is -4.90. The van der Waals surface area contributed by atoms with Gasteiger partial charge < -0.3 is 44.3 Å². The molecule has 4 N–H and O–H groups in total. The number of carbonyl (C=O) groups is 6. The number of halogens is 3. The number of ether oxygens (including phenoxy) is 5. The van der Waals surface area contributed by atoms with Gasteiger partial charge in [0.1, 0.15) is 23.9 Å². The van der Waals surface area contributed by atoms with Gasteiger partial charge in [0, 0.05) is 37.7 Å². The lowest BCUT2D eigenvalue weighted by molar-refractivity contribution is -0.346. The van der Waals surface area contributed by atoms with Gasteiger partial charge in [-0.1, -0.05) is 68.4 Å². The highest BCUT2D eigenvalue weighted by molar-refractivity contribution is 5.96. The summed E-state index contributed by atoms with van der Waals surface area (Å²) in [7, 11) is 0. The molecule has 2 bridgehead atoms. The van der Waals surface area contributed by atoms with E-state index < -0.39 is 137 Å².